The van der Waals surface area contributed by atoms with Crippen molar-refractivity contribution in [2.45, 2.75) is 9.79 Å². The van der Waals surface area contributed by atoms with Crippen molar-refractivity contribution in [2.24, 2.45) is 0 Å². The van der Waals surface area contributed by atoms with Crippen LogP contribution in [0.25, 0.3) is 0 Å². The van der Waals surface area contributed by atoms with Crippen molar-refractivity contribution in [3.63, 3.8) is 0 Å². The Bertz CT molecular complexity index is 1150. The maximum atomic E-state index is 12.7. The van der Waals surface area contributed by atoms with Crippen LogP contribution in [-0.2, 0) is 0 Å². The number of anilines is 1. The van der Waals surface area contributed by atoms with E-state index in [0.29, 0.717) is 21.2 Å². The number of benzene rings is 3. The number of amides is 2. The standard InChI is InChI=1S/C22H18ClN3O4S/c1-25(2)22(28)15-4-3-5-17(12-15)24-21(27)14-6-11-20(19(13-14)26(29)30)31-18-9-7-16(23)8-10-18/h3-13H,1-2H3,(H,24,27). The Morgan fingerprint density at radius 1 is 1.00 bits per heavy atom. The smallest absolute Gasteiger partial charge is 0.284 e. The maximum Gasteiger partial charge on any atom is 0.284 e. The average molecular weight is 456 g/mol. The first-order valence-electron chi connectivity index (χ1n) is 9.09. The lowest BCUT2D eigenvalue weighted by atomic mass is 10.1. The van der Waals surface area contributed by atoms with E-state index in [9.17, 15) is 19.7 Å². The molecule has 0 saturated carbocycles. The summed E-state index contributed by atoms with van der Waals surface area (Å²) in [4.78, 5) is 38.4. The first-order chi connectivity index (χ1) is 14.7. The molecule has 0 saturated heterocycles. The van der Waals surface area contributed by atoms with E-state index in [2.05, 4.69) is 5.32 Å². The minimum atomic E-state index is -0.522. The van der Waals surface area contributed by atoms with Crippen LogP contribution in [-0.4, -0.2) is 35.7 Å². The van der Waals surface area contributed by atoms with Crippen molar-refractivity contribution in [1.82, 2.24) is 4.90 Å². The lowest BCUT2D eigenvalue weighted by Gasteiger charge is -2.12. The molecule has 0 aliphatic rings. The molecule has 0 aliphatic heterocycles. The van der Waals surface area contributed by atoms with E-state index >= 15 is 0 Å². The lowest BCUT2D eigenvalue weighted by molar-refractivity contribution is -0.387. The largest absolute Gasteiger partial charge is 0.345 e. The fourth-order valence-corrected chi connectivity index (χ4v) is 3.73. The van der Waals surface area contributed by atoms with Gasteiger partial charge in [-0.1, -0.05) is 29.4 Å². The first kappa shape index (κ1) is 22.3. The summed E-state index contributed by atoms with van der Waals surface area (Å²) in [5.41, 5.74) is 0.795. The zero-order valence-corrected chi connectivity index (χ0v) is 18.2. The predicted octanol–water partition coefficient (Wildman–Crippen LogP) is 5.35. The molecule has 0 radical (unpaired) electrons. The van der Waals surface area contributed by atoms with Gasteiger partial charge in [0.25, 0.3) is 17.5 Å². The highest BCUT2D eigenvalue weighted by Crippen LogP contribution is 2.36. The molecular weight excluding hydrogens is 438 g/mol. The number of nitro groups is 1. The predicted molar refractivity (Wildman–Crippen MR) is 121 cm³/mol. The molecule has 31 heavy (non-hydrogen) atoms. The van der Waals surface area contributed by atoms with E-state index in [4.69, 9.17) is 11.6 Å². The van der Waals surface area contributed by atoms with E-state index in [0.717, 1.165) is 4.90 Å². The fourth-order valence-electron chi connectivity index (χ4n) is 2.71. The number of halogens is 1. The van der Waals surface area contributed by atoms with Gasteiger partial charge in [0.15, 0.2) is 0 Å². The molecule has 0 bridgehead atoms. The Balaban J connectivity index is 1.83. The fraction of sp³-hybridized carbons (Fsp3) is 0.0909. The Labute approximate surface area is 188 Å². The molecule has 0 aliphatic carbocycles. The zero-order chi connectivity index (χ0) is 22.5. The van der Waals surface area contributed by atoms with Crippen LogP contribution in [0.15, 0.2) is 76.5 Å². The maximum absolute atomic E-state index is 12.7. The van der Waals surface area contributed by atoms with Gasteiger partial charge in [-0.05, 0) is 54.6 Å². The molecule has 3 rings (SSSR count). The molecule has 0 atom stereocenters. The summed E-state index contributed by atoms with van der Waals surface area (Å²) in [6, 6.07) is 17.7. The van der Waals surface area contributed by atoms with Gasteiger partial charge in [0, 0.05) is 46.9 Å². The lowest BCUT2D eigenvalue weighted by Crippen LogP contribution is -2.22. The molecule has 158 valence electrons. The van der Waals surface area contributed by atoms with Gasteiger partial charge in [0.1, 0.15) is 0 Å². The summed E-state index contributed by atoms with van der Waals surface area (Å²) in [5, 5.41) is 14.8. The molecule has 7 nitrogen and oxygen atoms in total. The van der Waals surface area contributed by atoms with E-state index < -0.39 is 10.8 Å². The van der Waals surface area contributed by atoms with Gasteiger partial charge in [-0.25, -0.2) is 0 Å². The van der Waals surface area contributed by atoms with Gasteiger partial charge in [-0.2, -0.15) is 0 Å². The second-order valence-electron chi connectivity index (χ2n) is 6.73. The summed E-state index contributed by atoms with van der Waals surface area (Å²) < 4.78 is 0. The highest BCUT2D eigenvalue weighted by molar-refractivity contribution is 7.99. The van der Waals surface area contributed by atoms with E-state index in [1.807, 2.05) is 0 Å². The van der Waals surface area contributed by atoms with Crippen LogP contribution in [0.4, 0.5) is 11.4 Å². The van der Waals surface area contributed by atoms with Crippen LogP contribution in [0.5, 0.6) is 0 Å². The number of carbonyl (C=O) groups is 2. The van der Waals surface area contributed by atoms with Crippen molar-refractivity contribution in [3.8, 4) is 0 Å². The minimum absolute atomic E-state index is 0.136. The number of nitro benzene ring substituents is 1. The summed E-state index contributed by atoms with van der Waals surface area (Å²) in [6.07, 6.45) is 0. The van der Waals surface area contributed by atoms with Crippen molar-refractivity contribution < 1.29 is 14.5 Å². The minimum Gasteiger partial charge on any atom is -0.345 e. The highest BCUT2D eigenvalue weighted by atomic mass is 35.5. The van der Waals surface area contributed by atoms with Crippen LogP contribution in [0.3, 0.4) is 0 Å². The molecule has 3 aromatic rings. The second-order valence-corrected chi connectivity index (χ2v) is 8.28. The van der Waals surface area contributed by atoms with Crippen LogP contribution in [0.1, 0.15) is 20.7 Å². The van der Waals surface area contributed by atoms with Crippen LogP contribution < -0.4 is 5.32 Å². The molecule has 0 heterocycles. The zero-order valence-electron chi connectivity index (χ0n) is 16.7. The summed E-state index contributed by atoms with van der Waals surface area (Å²) in [5.74, 6) is -0.712. The normalized spacial score (nSPS) is 10.4. The van der Waals surface area contributed by atoms with Gasteiger partial charge < -0.3 is 10.2 Å². The summed E-state index contributed by atoms with van der Waals surface area (Å²) in [7, 11) is 3.27. The molecule has 9 heteroatoms. The van der Waals surface area contributed by atoms with Crippen molar-refractivity contribution >= 4 is 46.6 Å². The Morgan fingerprint density at radius 2 is 1.71 bits per heavy atom. The van der Waals surface area contributed by atoms with Gasteiger partial charge in [-0.15, -0.1) is 0 Å². The first-order valence-corrected chi connectivity index (χ1v) is 10.3. The third-order valence-corrected chi connectivity index (χ3v) is 5.56. The number of rotatable bonds is 6. The Hall–Kier alpha value is -3.36. The third kappa shape index (κ3) is 5.62. The van der Waals surface area contributed by atoms with Crippen LogP contribution in [0, 0.1) is 10.1 Å². The van der Waals surface area contributed by atoms with Gasteiger partial charge in [0.05, 0.1) is 9.82 Å². The Kier molecular flexibility index (Phi) is 6.94. The summed E-state index contributed by atoms with van der Waals surface area (Å²) >= 11 is 7.09. The van der Waals surface area contributed by atoms with Crippen molar-refractivity contribution in [1.29, 1.82) is 0 Å². The second kappa shape index (κ2) is 9.63. The van der Waals surface area contributed by atoms with Crippen molar-refractivity contribution in [3.05, 3.63) is 93.0 Å². The SMILES string of the molecule is CN(C)C(=O)c1cccc(NC(=O)c2ccc(Sc3ccc(Cl)cc3)c([N+](=O)[O-])c2)c1. The Morgan fingerprint density at radius 3 is 2.35 bits per heavy atom. The van der Waals surface area contributed by atoms with Crippen molar-refractivity contribution in [2.75, 3.05) is 19.4 Å². The number of hydrogen-bond donors (Lipinski definition) is 1. The monoisotopic (exact) mass is 455 g/mol. The number of carbonyl (C=O) groups excluding carboxylic acids is 2. The van der Waals surface area contributed by atoms with E-state index in [1.165, 1.54) is 34.9 Å². The number of nitrogens with one attached hydrogen (secondary N) is 1. The molecular formula is C22H18ClN3O4S. The number of nitrogens with zero attached hydrogens (tertiary/aromatic N) is 2. The highest BCUT2D eigenvalue weighted by Gasteiger charge is 2.19. The van der Waals surface area contributed by atoms with Gasteiger partial charge >= 0.3 is 0 Å². The van der Waals surface area contributed by atoms with E-state index in [-0.39, 0.29) is 17.2 Å². The molecule has 0 spiro atoms. The van der Waals surface area contributed by atoms with Crippen LogP contribution >= 0.6 is 23.4 Å². The average Bonchev–Trinajstić information content (AvgIpc) is 2.75. The van der Waals surface area contributed by atoms with E-state index in [1.54, 1.807) is 62.6 Å². The third-order valence-electron chi connectivity index (χ3n) is 4.23. The van der Waals surface area contributed by atoms with Crippen LogP contribution in [0.2, 0.25) is 5.02 Å². The molecule has 1 N–H and O–H groups in total. The molecule has 0 aromatic heterocycles. The molecule has 0 fully saturated rings. The topological polar surface area (TPSA) is 92.6 Å². The molecule has 3 aromatic carbocycles. The molecule has 2 amide bonds. The van der Waals surface area contributed by atoms with Gasteiger partial charge in [-0.3, -0.25) is 19.7 Å². The quantitative estimate of drug-likeness (QED) is 0.399. The number of hydrogen-bond acceptors (Lipinski definition) is 5. The summed E-state index contributed by atoms with van der Waals surface area (Å²) in [6.45, 7) is 0. The van der Waals surface area contributed by atoms with Gasteiger partial charge in [0.2, 0.25) is 0 Å². The molecule has 0 unspecified atom stereocenters.